The summed E-state index contributed by atoms with van der Waals surface area (Å²) in [4.78, 5) is 37.4. The Morgan fingerprint density at radius 3 is 1.08 bits per heavy atom. The second-order valence-electron chi connectivity index (χ2n) is 21.6. The van der Waals surface area contributed by atoms with E-state index in [0.717, 1.165) is 135 Å². The maximum absolute atomic E-state index is 12.9. The number of carboxylic acid groups (broad SMARTS) is 1. The Bertz CT molecular complexity index is 1750. The molecular weight excluding hydrogens is 983 g/mol. The topological polar surface area (TPSA) is 111 Å². The second-order valence-corrected chi connectivity index (χ2v) is 21.6. The molecule has 0 aliphatic heterocycles. The number of rotatable bonds is 56. The zero-order valence-corrected chi connectivity index (χ0v) is 50.9. The van der Waals surface area contributed by atoms with Gasteiger partial charge in [0.2, 0.25) is 0 Å². The Balaban J connectivity index is 4.31. The fraction of sp³-hybridized carbons (Fsp3) is 0.643. The first-order valence-electron chi connectivity index (χ1n) is 31.3. The van der Waals surface area contributed by atoms with Crippen LogP contribution in [-0.2, 0) is 33.3 Å². The predicted molar refractivity (Wildman–Crippen MR) is 333 cm³/mol. The van der Waals surface area contributed by atoms with Crippen LogP contribution in [0.25, 0.3) is 0 Å². The lowest BCUT2D eigenvalue weighted by atomic mass is 10.1. The predicted octanol–water partition coefficient (Wildman–Crippen LogP) is 17.7. The number of esters is 2. The van der Waals surface area contributed by atoms with E-state index in [1.54, 1.807) is 0 Å². The number of quaternary nitrogens is 1. The second kappa shape index (κ2) is 59.5. The molecule has 0 rings (SSSR count). The van der Waals surface area contributed by atoms with Crippen LogP contribution in [0, 0.1) is 0 Å². The number of carbonyl (C=O) groups is 3. The highest BCUT2D eigenvalue weighted by molar-refractivity contribution is 5.70. The van der Waals surface area contributed by atoms with Crippen LogP contribution in [0.15, 0.2) is 134 Å². The molecular formula is C70H115NO8. The number of unbranched alkanes of at least 4 members (excludes halogenated alkanes) is 19. The fourth-order valence-corrected chi connectivity index (χ4v) is 8.09. The van der Waals surface area contributed by atoms with E-state index in [0.29, 0.717) is 17.4 Å². The van der Waals surface area contributed by atoms with Crippen LogP contribution in [0.1, 0.15) is 232 Å². The van der Waals surface area contributed by atoms with Crippen molar-refractivity contribution >= 4 is 17.9 Å². The van der Waals surface area contributed by atoms with Crippen molar-refractivity contribution in [2.24, 2.45) is 0 Å². The van der Waals surface area contributed by atoms with E-state index in [1.807, 2.05) is 21.1 Å². The number of carboxylic acids is 1. The van der Waals surface area contributed by atoms with Crippen LogP contribution in [0.5, 0.6) is 0 Å². The molecule has 0 aromatic rings. The van der Waals surface area contributed by atoms with Gasteiger partial charge in [-0.15, -0.1) is 0 Å². The van der Waals surface area contributed by atoms with Crippen molar-refractivity contribution in [1.82, 2.24) is 0 Å². The summed E-state index contributed by atoms with van der Waals surface area (Å²) < 4.78 is 22.7. The van der Waals surface area contributed by atoms with Gasteiger partial charge in [0.05, 0.1) is 40.3 Å². The van der Waals surface area contributed by atoms with E-state index >= 15 is 0 Å². The number of carbonyl (C=O) groups excluding carboxylic acids is 3. The first-order chi connectivity index (χ1) is 38.6. The van der Waals surface area contributed by atoms with Crippen LogP contribution < -0.4 is 5.11 Å². The first kappa shape index (κ1) is 74.4. The van der Waals surface area contributed by atoms with Gasteiger partial charge >= 0.3 is 11.9 Å². The molecule has 0 heterocycles. The Hall–Kier alpha value is -4.57. The number of nitrogens with zero attached hydrogens (tertiary/aromatic N) is 1. The van der Waals surface area contributed by atoms with Crippen molar-refractivity contribution in [3.63, 3.8) is 0 Å². The molecule has 2 unspecified atom stereocenters. The molecule has 0 bridgehead atoms. The molecule has 448 valence electrons. The summed E-state index contributed by atoms with van der Waals surface area (Å²) in [6, 6.07) is 0. The van der Waals surface area contributed by atoms with Crippen molar-refractivity contribution in [3.05, 3.63) is 134 Å². The van der Waals surface area contributed by atoms with Crippen LogP contribution >= 0.6 is 0 Å². The smallest absolute Gasteiger partial charge is 0.306 e. The minimum absolute atomic E-state index is 0.136. The van der Waals surface area contributed by atoms with E-state index in [2.05, 4.69) is 148 Å². The van der Waals surface area contributed by atoms with Gasteiger partial charge in [-0.2, -0.15) is 0 Å². The van der Waals surface area contributed by atoms with Gasteiger partial charge < -0.3 is 33.3 Å². The van der Waals surface area contributed by atoms with E-state index in [9.17, 15) is 19.5 Å². The van der Waals surface area contributed by atoms with E-state index in [-0.39, 0.29) is 38.6 Å². The van der Waals surface area contributed by atoms with Crippen molar-refractivity contribution in [1.29, 1.82) is 0 Å². The average molecular weight is 1100 g/mol. The molecule has 9 heteroatoms. The van der Waals surface area contributed by atoms with E-state index < -0.39 is 24.3 Å². The first-order valence-corrected chi connectivity index (χ1v) is 31.3. The van der Waals surface area contributed by atoms with Gasteiger partial charge in [-0.1, -0.05) is 237 Å². The minimum atomic E-state index is -1.64. The Kier molecular flexibility index (Phi) is 56.1. The molecule has 0 saturated heterocycles. The Morgan fingerprint density at radius 2 is 0.722 bits per heavy atom. The van der Waals surface area contributed by atoms with Crippen LogP contribution in [-0.4, -0.2) is 82.3 Å². The fourth-order valence-electron chi connectivity index (χ4n) is 8.09. The van der Waals surface area contributed by atoms with Crippen molar-refractivity contribution in [2.75, 3.05) is 47.5 Å². The summed E-state index contributed by atoms with van der Waals surface area (Å²) in [5.74, 6) is -2.33. The van der Waals surface area contributed by atoms with Crippen molar-refractivity contribution < 1.29 is 42.9 Å². The highest BCUT2D eigenvalue weighted by Gasteiger charge is 2.22. The zero-order valence-electron chi connectivity index (χ0n) is 50.9. The zero-order chi connectivity index (χ0) is 57.6. The monoisotopic (exact) mass is 1100 g/mol. The van der Waals surface area contributed by atoms with Gasteiger partial charge in [0.15, 0.2) is 12.4 Å². The number of hydrogen-bond donors (Lipinski definition) is 0. The largest absolute Gasteiger partial charge is 0.545 e. The number of allylic oxidation sites excluding steroid dienone is 22. The number of likely N-dealkylation sites (N-methyl/N-ethyl adjacent to an activating group) is 1. The molecule has 0 aliphatic rings. The van der Waals surface area contributed by atoms with Gasteiger partial charge in [0.25, 0.3) is 0 Å². The molecule has 0 aromatic carbocycles. The lowest BCUT2D eigenvalue weighted by Crippen LogP contribution is -2.44. The number of aliphatic carboxylic acids is 1. The quantitative estimate of drug-likeness (QED) is 0.0195. The van der Waals surface area contributed by atoms with Gasteiger partial charge in [-0.3, -0.25) is 9.59 Å². The number of hydrogen-bond acceptors (Lipinski definition) is 8. The summed E-state index contributed by atoms with van der Waals surface area (Å²) >= 11 is 0. The van der Waals surface area contributed by atoms with Gasteiger partial charge in [-0.25, -0.2) is 0 Å². The Labute approximate surface area is 484 Å². The highest BCUT2D eigenvalue weighted by Crippen LogP contribution is 2.14. The lowest BCUT2D eigenvalue weighted by molar-refractivity contribution is -0.870. The third kappa shape index (κ3) is 60.9. The molecule has 0 N–H and O–H groups in total. The summed E-state index contributed by atoms with van der Waals surface area (Å²) in [6.07, 6.45) is 82.1. The SMILES string of the molecule is CC/C=C\C/C=C\C/C=C\C/C=C\C/C=C\C/C=C\C/C=C\C/C=C\CCCCCCCCC(=O)OC(COC(=O)CCCCCCCCCC/C=C\C/C=C\C/C=C\CCCCCCC)COC(OCC[N+](C)(C)C)C(=O)[O-]. The molecule has 0 saturated carbocycles. The van der Waals surface area contributed by atoms with Crippen LogP contribution in [0.2, 0.25) is 0 Å². The van der Waals surface area contributed by atoms with Crippen molar-refractivity contribution in [2.45, 2.75) is 245 Å². The third-order valence-corrected chi connectivity index (χ3v) is 12.9. The summed E-state index contributed by atoms with van der Waals surface area (Å²) in [7, 11) is 5.91. The maximum atomic E-state index is 12.9. The van der Waals surface area contributed by atoms with E-state index in [4.69, 9.17) is 18.9 Å². The van der Waals surface area contributed by atoms with Gasteiger partial charge in [0, 0.05) is 12.8 Å². The molecule has 0 fully saturated rings. The molecule has 0 aromatic heterocycles. The van der Waals surface area contributed by atoms with E-state index in [1.165, 1.54) is 64.2 Å². The lowest BCUT2D eigenvalue weighted by Gasteiger charge is -2.26. The van der Waals surface area contributed by atoms with Crippen molar-refractivity contribution in [3.8, 4) is 0 Å². The average Bonchev–Trinajstić information content (AvgIpc) is 3.42. The highest BCUT2D eigenvalue weighted by atomic mass is 16.7. The normalized spacial score (nSPS) is 13.7. The third-order valence-electron chi connectivity index (χ3n) is 12.9. The molecule has 0 amide bonds. The molecule has 0 radical (unpaired) electrons. The number of ether oxygens (including phenoxy) is 4. The van der Waals surface area contributed by atoms with Crippen LogP contribution in [0.4, 0.5) is 0 Å². The molecule has 79 heavy (non-hydrogen) atoms. The maximum Gasteiger partial charge on any atom is 0.306 e. The van der Waals surface area contributed by atoms with Gasteiger partial charge in [0.1, 0.15) is 13.2 Å². The molecule has 0 aliphatic carbocycles. The Morgan fingerprint density at radius 1 is 0.392 bits per heavy atom. The summed E-state index contributed by atoms with van der Waals surface area (Å²) in [5, 5.41) is 11.8. The molecule has 0 spiro atoms. The summed E-state index contributed by atoms with van der Waals surface area (Å²) in [6.45, 7) is 4.58. The minimum Gasteiger partial charge on any atom is -0.545 e. The summed E-state index contributed by atoms with van der Waals surface area (Å²) in [5.41, 5.74) is 0. The molecule has 2 atom stereocenters. The standard InChI is InChI=1S/C70H115NO8/c1-6-8-10-12-14-16-18-20-22-24-26-28-30-31-32-33-34-35-36-37-39-41-43-45-47-49-51-53-55-57-59-61-68(73)79-66(65-78-70(69(74)75)76-63-62-71(3,4)5)64-77-67(72)60-58-56-54-52-50-48-46-44-42-40-38-29-27-25-23-21-19-17-15-13-11-9-7-2/h8,10,14,16,19-22,25-28,31-32,34-35,37-40,43,45,66,70H,6-7,9,11-13,15,17-18,23-24,29-30,33,36,41-42,44,46-65H2,1-5H3/b10-8-,16-14-,21-19-,22-20-,27-25-,28-26-,32-31-,35-34-,39-37-,40-38-,45-43-. The van der Waals surface area contributed by atoms with Gasteiger partial charge in [-0.05, 0) is 116 Å². The molecule has 9 nitrogen and oxygen atoms in total. The van der Waals surface area contributed by atoms with Crippen LogP contribution in [0.3, 0.4) is 0 Å².